The predicted octanol–water partition coefficient (Wildman–Crippen LogP) is 3.79. The van der Waals surface area contributed by atoms with E-state index in [1.807, 2.05) is 72.6 Å². The Morgan fingerprint density at radius 3 is 2.19 bits per heavy atom. The molecule has 0 unspecified atom stereocenters. The molecular weight excluding hydrogens is 392 g/mol. The van der Waals surface area contributed by atoms with E-state index in [9.17, 15) is 9.59 Å². The zero-order valence-electron chi connectivity index (χ0n) is 17.7. The van der Waals surface area contributed by atoms with Gasteiger partial charge in [-0.25, -0.2) is 5.10 Å². The fourth-order valence-electron chi connectivity index (χ4n) is 3.99. The number of likely N-dealkylation sites (N-methyl/N-ethyl adjacent to an activating group) is 1. The number of amides is 1. The highest BCUT2D eigenvalue weighted by Gasteiger charge is 2.23. The van der Waals surface area contributed by atoms with Crippen LogP contribution in [0.1, 0.15) is 28.6 Å². The number of H-pyrrole nitrogens is 1. The molecule has 0 aliphatic carbocycles. The molecule has 0 radical (unpaired) electrons. The summed E-state index contributed by atoms with van der Waals surface area (Å²) in [7, 11) is 1.90. The molecule has 2 aromatic carbocycles. The van der Waals surface area contributed by atoms with E-state index >= 15 is 0 Å². The Morgan fingerprint density at radius 1 is 1.03 bits per heavy atom. The molecule has 0 aliphatic heterocycles. The monoisotopic (exact) mass is 416 g/mol. The number of aromatic nitrogens is 2. The van der Waals surface area contributed by atoms with Crippen LogP contribution in [0.4, 0.5) is 5.88 Å². The van der Waals surface area contributed by atoms with E-state index in [1.54, 1.807) is 13.8 Å². The van der Waals surface area contributed by atoms with Gasteiger partial charge in [-0.3, -0.25) is 19.8 Å². The molecule has 0 saturated carbocycles. The van der Waals surface area contributed by atoms with Gasteiger partial charge in [0.15, 0.2) is 0 Å². The van der Waals surface area contributed by atoms with Crippen LogP contribution >= 0.6 is 0 Å². The molecule has 1 amide bonds. The SMILES string of the molecule is Cc1n[nH]c(=O)c2c(NC(=O)CN(C)C(c3ccccc3)c3ccccc3)oc(C)c12. The Hall–Kier alpha value is -3.71. The second-order valence-corrected chi connectivity index (χ2v) is 7.56. The first-order chi connectivity index (χ1) is 15.0. The second-order valence-electron chi connectivity index (χ2n) is 7.56. The number of benzene rings is 2. The smallest absolute Gasteiger partial charge is 0.277 e. The van der Waals surface area contributed by atoms with Gasteiger partial charge in [-0.2, -0.15) is 5.10 Å². The largest absolute Gasteiger partial charge is 0.444 e. The third-order valence-electron chi connectivity index (χ3n) is 5.32. The normalized spacial score (nSPS) is 11.4. The first kappa shape index (κ1) is 20.6. The molecule has 2 N–H and O–H groups in total. The molecule has 2 heterocycles. The van der Waals surface area contributed by atoms with Gasteiger partial charge in [-0.05, 0) is 32.0 Å². The number of rotatable bonds is 6. The maximum Gasteiger partial charge on any atom is 0.277 e. The fraction of sp³-hybridized carbons (Fsp3) is 0.208. The Kier molecular flexibility index (Phi) is 5.68. The molecule has 7 heteroatoms. The van der Waals surface area contributed by atoms with Crippen LogP contribution in [0.15, 0.2) is 69.9 Å². The highest BCUT2D eigenvalue weighted by atomic mass is 16.4. The lowest BCUT2D eigenvalue weighted by molar-refractivity contribution is -0.117. The van der Waals surface area contributed by atoms with E-state index in [0.717, 1.165) is 11.1 Å². The van der Waals surface area contributed by atoms with Crippen molar-refractivity contribution >= 4 is 22.6 Å². The quantitative estimate of drug-likeness (QED) is 0.499. The number of nitrogens with one attached hydrogen (secondary N) is 2. The van der Waals surface area contributed by atoms with Crippen molar-refractivity contribution < 1.29 is 9.21 Å². The van der Waals surface area contributed by atoms with Crippen molar-refractivity contribution in [3.05, 3.63) is 93.6 Å². The Morgan fingerprint density at radius 2 is 1.61 bits per heavy atom. The molecule has 0 fully saturated rings. The molecule has 0 spiro atoms. The summed E-state index contributed by atoms with van der Waals surface area (Å²) in [6.45, 7) is 3.64. The van der Waals surface area contributed by atoms with Crippen molar-refractivity contribution in [2.24, 2.45) is 0 Å². The van der Waals surface area contributed by atoms with Crippen LogP contribution in [0.3, 0.4) is 0 Å². The average Bonchev–Trinajstić information content (AvgIpc) is 3.09. The van der Waals surface area contributed by atoms with E-state index in [0.29, 0.717) is 22.2 Å². The number of carbonyl (C=O) groups is 1. The van der Waals surface area contributed by atoms with E-state index < -0.39 is 5.56 Å². The summed E-state index contributed by atoms with van der Waals surface area (Å²) in [5, 5.41) is 10.1. The molecule has 4 aromatic rings. The molecule has 4 rings (SSSR count). The lowest BCUT2D eigenvalue weighted by Crippen LogP contribution is -2.34. The summed E-state index contributed by atoms with van der Waals surface area (Å²) in [6.07, 6.45) is 0. The number of furan rings is 1. The zero-order valence-corrected chi connectivity index (χ0v) is 17.7. The number of aryl methyl sites for hydroxylation is 2. The van der Waals surface area contributed by atoms with Crippen molar-refractivity contribution in [2.75, 3.05) is 18.9 Å². The van der Waals surface area contributed by atoms with Crippen molar-refractivity contribution in [2.45, 2.75) is 19.9 Å². The summed E-state index contributed by atoms with van der Waals surface area (Å²) >= 11 is 0. The number of anilines is 1. The van der Waals surface area contributed by atoms with Crippen molar-refractivity contribution in [3.63, 3.8) is 0 Å². The third-order valence-corrected chi connectivity index (χ3v) is 5.32. The van der Waals surface area contributed by atoms with Gasteiger partial charge in [0.05, 0.1) is 23.7 Å². The van der Waals surface area contributed by atoms with Crippen LogP contribution in [0, 0.1) is 13.8 Å². The summed E-state index contributed by atoms with van der Waals surface area (Å²) in [5.74, 6) is 0.415. The zero-order chi connectivity index (χ0) is 22.0. The molecule has 0 saturated heterocycles. The van der Waals surface area contributed by atoms with Crippen molar-refractivity contribution in [1.29, 1.82) is 0 Å². The van der Waals surface area contributed by atoms with Gasteiger partial charge in [0, 0.05) is 0 Å². The average molecular weight is 416 g/mol. The fourth-order valence-corrected chi connectivity index (χ4v) is 3.99. The molecule has 0 atom stereocenters. The Bertz CT molecular complexity index is 1220. The van der Waals surface area contributed by atoms with Crippen molar-refractivity contribution in [1.82, 2.24) is 15.1 Å². The van der Waals surface area contributed by atoms with Crippen LogP contribution in [0.25, 0.3) is 10.8 Å². The molecule has 2 aromatic heterocycles. The molecule has 158 valence electrons. The van der Waals surface area contributed by atoms with Crippen LogP contribution in [0.5, 0.6) is 0 Å². The maximum absolute atomic E-state index is 12.9. The topological polar surface area (TPSA) is 91.2 Å². The first-order valence-electron chi connectivity index (χ1n) is 10.0. The van der Waals surface area contributed by atoms with Gasteiger partial charge >= 0.3 is 0 Å². The van der Waals surface area contributed by atoms with Crippen LogP contribution < -0.4 is 10.9 Å². The molecule has 0 bridgehead atoms. The summed E-state index contributed by atoms with van der Waals surface area (Å²) < 4.78 is 5.70. The summed E-state index contributed by atoms with van der Waals surface area (Å²) in [6, 6.07) is 20.0. The van der Waals surface area contributed by atoms with Crippen molar-refractivity contribution in [3.8, 4) is 0 Å². The van der Waals surface area contributed by atoms with Gasteiger partial charge in [-0.1, -0.05) is 60.7 Å². The van der Waals surface area contributed by atoms with Crippen LogP contribution in [-0.2, 0) is 4.79 Å². The Balaban J connectivity index is 1.60. The Labute approximate surface area is 179 Å². The van der Waals surface area contributed by atoms with E-state index in [-0.39, 0.29) is 24.4 Å². The van der Waals surface area contributed by atoms with Gasteiger partial charge < -0.3 is 4.42 Å². The van der Waals surface area contributed by atoms with Gasteiger partial charge in [-0.15, -0.1) is 0 Å². The van der Waals surface area contributed by atoms with Crippen LogP contribution in [-0.4, -0.2) is 34.6 Å². The minimum Gasteiger partial charge on any atom is -0.444 e. The van der Waals surface area contributed by atoms with Gasteiger partial charge in [0.2, 0.25) is 11.8 Å². The standard InChI is InChI=1S/C24H24N4O3/c1-15-20-16(2)31-24(21(20)23(30)27-26-15)25-19(29)14-28(3)22(17-10-6-4-7-11-17)18-12-8-5-9-13-18/h4-13,22H,14H2,1-3H3,(H,25,29)(H,27,30). The number of hydrogen-bond acceptors (Lipinski definition) is 5. The van der Waals surface area contributed by atoms with E-state index in [4.69, 9.17) is 4.42 Å². The third kappa shape index (κ3) is 4.13. The van der Waals surface area contributed by atoms with Gasteiger partial charge in [0.1, 0.15) is 11.1 Å². The molecule has 31 heavy (non-hydrogen) atoms. The van der Waals surface area contributed by atoms with Gasteiger partial charge in [0.25, 0.3) is 5.56 Å². The first-order valence-corrected chi connectivity index (χ1v) is 10.0. The number of aromatic amines is 1. The molecular formula is C24H24N4O3. The summed E-state index contributed by atoms with van der Waals surface area (Å²) in [5.41, 5.74) is 2.41. The number of nitrogens with zero attached hydrogens (tertiary/aromatic N) is 2. The number of carbonyl (C=O) groups excluding carboxylic acids is 1. The van der Waals surface area contributed by atoms with Crippen LogP contribution in [0.2, 0.25) is 0 Å². The minimum atomic E-state index is -0.396. The highest BCUT2D eigenvalue weighted by molar-refractivity contribution is 6.01. The molecule has 0 aliphatic rings. The lowest BCUT2D eigenvalue weighted by Gasteiger charge is -2.28. The van der Waals surface area contributed by atoms with E-state index in [2.05, 4.69) is 15.5 Å². The second kappa shape index (κ2) is 8.57. The maximum atomic E-state index is 12.9. The number of hydrogen-bond donors (Lipinski definition) is 2. The number of fused-ring (bicyclic) bond motifs is 1. The predicted molar refractivity (Wildman–Crippen MR) is 120 cm³/mol. The minimum absolute atomic E-state index is 0.0990. The highest BCUT2D eigenvalue weighted by Crippen LogP contribution is 2.29. The summed E-state index contributed by atoms with van der Waals surface area (Å²) in [4.78, 5) is 27.2. The molecule has 7 nitrogen and oxygen atoms in total. The lowest BCUT2D eigenvalue weighted by atomic mass is 9.97. The van der Waals surface area contributed by atoms with E-state index in [1.165, 1.54) is 0 Å².